The predicted octanol–water partition coefficient (Wildman–Crippen LogP) is 3.50. The van der Waals surface area contributed by atoms with E-state index in [0.717, 1.165) is 30.4 Å². The van der Waals surface area contributed by atoms with Gasteiger partial charge in [-0.25, -0.2) is 23.7 Å². The van der Waals surface area contributed by atoms with E-state index in [1.165, 1.54) is 12.1 Å². The second-order valence-corrected chi connectivity index (χ2v) is 7.36. The maximum absolute atomic E-state index is 14.1. The fraction of sp³-hybridized carbons (Fsp3) is 0.318. The standard InChI is InChI=1S/C22H25F2N7.HI/c1-2-26-22(28-13-16-3-6-21(27-12-16)31-10-8-25-15-31)29-18-7-9-30(14-18)20-5-4-17(23)11-19(20)24;/h3-6,8,10-12,15,18H,2,7,9,13-14H2,1H3,(H2,26,28,29);1H. The van der Waals surface area contributed by atoms with Gasteiger partial charge in [0.1, 0.15) is 23.8 Å². The van der Waals surface area contributed by atoms with Crippen LogP contribution < -0.4 is 15.5 Å². The molecular weight excluding hydrogens is 527 g/mol. The zero-order chi connectivity index (χ0) is 21.6. The number of pyridine rings is 1. The van der Waals surface area contributed by atoms with Crippen LogP contribution in [-0.4, -0.2) is 46.2 Å². The summed E-state index contributed by atoms with van der Waals surface area (Å²) in [6, 6.07) is 7.74. The summed E-state index contributed by atoms with van der Waals surface area (Å²) >= 11 is 0. The number of aromatic nitrogens is 3. The van der Waals surface area contributed by atoms with Crippen LogP contribution in [0, 0.1) is 11.6 Å². The van der Waals surface area contributed by atoms with E-state index < -0.39 is 11.6 Å². The van der Waals surface area contributed by atoms with Gasteiger partial charge in [0.2, 0.25) is 0 Å². The van der Waals surface area contributed by atoms with Gasteiger partial charge in [0, 0.05) is 50.3 Å². The van der Waals surface area contributed by atoms with Crippen molar-refractivity contribution in [1.82, 2.24) is 25.2 Å². The van der Waals surface area contributed by atoms with Crippen molar-refractivity contribution in [3.8, 4) is 5.82 Å². The Bertz CT molecular complexity index is 1030. The molecule has 1 unspecified atom stereocenters. The highest BCUT2D eigenvalue weighted by atomic mass is 127. The maximum Gasteiger partial charge on any atom is 0.191 e. The summed E-state index contributed by atoms with van der Waals surface area (Å²) in [7, 11) is 0. The number of nitrogens with one attached hydrogen (secondary N) is 2. The Morgan fingerprint density at radius 2 is 2.12 bits per heavy atom. The van der Waals surface area contributed by atoms with E-state index in [1.54, 1.807) is 18.7 Å². The fourth-order valence-electron chi connectivity index (χ4n) is 3.58. The molecule has 170 valence electrons. The number of halogens is 3. The van der Waals surface area contributed by atoms with E-state index in [1.807, 2.05) is 34.7 Å². The molecule has 1 saturated heterocycles. The molecule has 2 aromatic heterocycles. The Morgan fingerprint density at radius 1 is 1.25 bits per heavy atom. The molecule has 1 fully saturated rings. The highest BCUT2D eigenvalue weighted by Gasteiger charge is 2.25. The Labute approximate surface area is 203 Å². The van der Waals surface area contributed by atoms with Gasteiger partial charge in [-0.1, -0.05) is 6.07 Å². The Hall–Kier alpha value is -2.76. The van der Waals surface area contributed by atoms with Gasteiger partial charge < -0.3 is 15.5 Å². The molecule has 2 N–H and O–H groups in total. The zero-order valence-electron chi connectivity index (χ0n) is 17.7. The molecule has 1 aliphatic rings. The maximum atomic E-state index is 14.1. The smallest absolute Gasteiger partial charge is 0.191 e. The monoisotopic (exact) mass is 553 g/mol. The first kappa shape index (κ1) is 23.9. The van der Waals surface area contributed by atoms with Gasteiger partial charge in [0.05, 0.1) is 12.2 Å². The van der Waals surface area contributed by atoms with Crippen molar-refractivity contribution in [3.05, 3.63) is 72.4 Å². The van der Waals surface area contributed by atoms with Gasteiger partial charge in [0.25, 0.3) is 0 Å². The van der Waals surface area contributed by atoms with Crippen molar-refractivity contribution in [2.75, 3.05) is 24.5 Å². The van der Waals surface area contributed by atoms with Gasteiger partial charge >= 0.3 is 0 Å². The lowest BCUT2D eigenvalue weighted by atomic mass is 10.2. The van der Waals surface area contributed by atoms with Crippen molar-refractivity contribution in [1.29, 1.82) is 0 Å². The molecule has 1 atom stereocenters. The van der Waals surface area contributed by atoms with Crippen molar-refractivity contribution in [2.45, 2.75) is 25.9 Å². The molecule has 0 radical (unpaired) electrons. The summed E-state index contributed by atoms with van der Waals surface area (Å²) in [5.41, 5.74) is 1.42. The Morgan fingerprint density at radius 3 is 2.81 bits per heavy atom. The highest BCUT2D eigenvalue weighted by Crippen LogP contribution is 2.24. The number of anilines is 1. The molecule has 10 heteroatoms. The van der Waals surface area contributed by atoms with Crippen molar-refractivity contribution >= 4 is 35.6 Å². The Balaban J connectivity index is 0.00000289. The van der Waals surface area contributed by atoms with E-state index in [9.17, 15) is 8.78 Å². The van der Waals surface area contributed by atoms with Gasteiger partial charge in [-0.3, -0.25) is 4.57 Å². The van der Waals surface area contributed by atoms with Crippen LogP contribution in [0.25, 0.3) is 5.82 Å². The molecule has 1 aromatic carbocycles. The minimum Gasteiger partial charge on any atom is -0.367 e. The topological polar surface area (TPSA) is 70.4 Å². The summed E-state index contributed by atoms with van der Waals surface area (Å²) in [4.78, 5) is 15.1. The summed E-state index contributed by atoms with van der Waals surface area (Å²) < 4.78 is 29.1. The molecule has 4 rings (SSSR count). The molecular formula is C22H26F2IN7. The van der Waals surface area contributed by atoms with E-state index >= 15 is 0 Å². The molecule has 0 bridgehead atoms. The number of benzene rings is 1. The summed E-state index contributed by atoms with van der Waals surface area (Å²) in [6.45, 7) is 4.53. The van der Waals surface area contributed by atoms with Crippen LogP contribution >= 0.6 is 24.0 Å². The van der Waals surface area contributed by atoms with Crippen LogP contribution in [0.3, 0.4) is 0 Å². The minimum absolute atomic E-state index is 0. The third kappa shape index (κ3) is 5.93. The van der Waals surface area contributed by atoms with Crippen LogP contribution in [0.4, 0.5) is 14.5 Å². The van der Waals surface area contributed by atoms with Gasteiger partial charge in [-0.05, 0) is 37.1 Å². The van der Waals surface area contributed by atoms with Gasteiger partial charge in [-0.2, -0.15) is 0 Å². The van der Waals surface area contributed by atoms with Gasteiger partial charge in [-0.15, -0.1) is 24.0 Å². The largest absolute Gasteiger partial charge is 0.367 e. The third-order valence-corrected chi connectivity index (χ3v) is 5.12. The van der Waals surface area contributed by atoms with Gasteiger partial charge in [0.15, 0.2) is 5.96 Å². The van der Waals surface area contributed by atoms with Crippen molar-refractivity contribution in [3.63, 3.8) is 0 Å². The lowest BCUT2D eigenvalue weighted by Gasteiger charge is -2.21. The third-order valence-electron chi connectivity index (χ3n) is 5.12. The van der Waals surface area contributed by atoms with E-state index in [0.29, 0.717) is 31.3 Å². The summed E-state index contributed by atoms with van der Waals surface area (Å²) in [5, 5.41) is 6.67. The average Bonchev–Trinajstić information content (AvgIpc) is 3.45. The number of nitrogens with zero attached hydrogens (tertiary/aromatic N) is 5. The lowest BCUT2D eigenvalue weighted by Crippen LogP contribution is -2.44. The number of rotatable bonds is 6. The number of hydrogen-bond acceptors (Lipinski definition) is 4. The normalized spacial score (nSPS) is 16.0. The SMILES string of the molecule is CCNC(=NCc1ccc(-n2ccnc2)nc1)NC1CCN(c2ccc(F)cc2F)C1.I. The average molecular weight is 553 g/mol. The lowest BCUT2D eigenvalue weighted by molar-refractivity contribution is 0.580. The number of hydrogen-bond donors (Lipinski definition) is 2. The van der Waals surface area contributed by atoms with E-state index in [2.05, 4.69) is 25.6 Å². The molecule has 0 aliphatic carbocycles. The zero-order valence-corrected chi connectivity index (χ0v) is 20.0. The van der Waals surface area contributed by atoms with E-state index in [4.69, 9.17) is 0 Å². The first-order valence-electron chi connectivity index (χ1n) is 10.3. The molecule has 3 heterocycles. The van der Waals surface area contributed by atoms with Crippen LogP contribution in [0.15, 0.2) is 60.2 Å². The molecule has 0 amide bonds. The molecule has 1 aliphatic heterocycles. The summed E-state index contributed by atoms with van der Waals surface area (Å²) in [6.07, 6.45) is 7.90. The predicted molar refractivity (Wildman–Crippen MR) is 132 cm³/mol. The van der Waals surface area contributed by atoms with Crippen molar-refractivity contribution < 1.29 is 8.78 Å². The molecule has 7 nitrogen and oxygen atoms in total. The van der Waals surface area contributed by atoms with Crippen molar-refractivity contribution in [2.24, 2.45) is 4.99 Å². The first-order valence-corrected chi connectivity index (χ1v) is 10.3. The van der Waals surface area contributed by atoms with Crippen LogP contribution in [0.2, 0.25) is 0 Å². The highest BCUT2D eigenvalue weighted by molar-refractivity contribution is 14.0. The van der Waals surface area contributed by atoms with Crippen LogP contribution in [0.1, 0.15) is 18.9 Å². The summed E-state index contributed by atoms with van der Waals surface area (Å²) in [5.74, 6) is 0.402. The minimum atomic E-state index is -0.566. The number of imidazole rings is 1. The number of guanidine groups is 1. The molecule has 3 aromatic rings. The second kappa shape index (κ2) is 11.2. The van der Waals surface area contributed by atoms with Crippen LogP contribution in [0.5, 0.6) is 0 Å². The number of aliphatic imine (C=N–C) groups is 1. The fourth-order valence-corrected chi connectivity index (χ4v) is 3.58. The Kier molecular flexibility index (Phi) is 8.37. The molecule has 32 heavy (non-hydrogen) atoms. The van der Waals surface area contributed by atoms with Crippen LogP contribution in [-0.2, 0) is 6.54 Å². The first-order chi connectivity index (χ1) is 15.1. The quantitative estimate of drug-likeness (QED) is 0.278. The van der Waals surface area contributed by atoms with E-state index in [-0.39, 0.29) is 30.0 Å². The molecule has 0 spiro atoms. The molecule has 0 saturated carbocycles. The second-order valence-electron chi connectivity index (χ2n) is 7.36.